The van der Waals surface area contributed by atoms with Crippen LogP contribution >= 0.6 is 0 Å². The highest BCUT2D eigenvalue weighted by atomic mass is 16.2. The molecular formula is C20H30N6O5. The van der Waals surface area contributed by atoms with Crippen LogP contribution < -0.4 is 27.2 Å². The van der Waals surface area contributed by atoms with Crippen molar-refractivity contribution in [1.29, 1.82) is 0 Å². The van der Waals surface area contributed by atoms with Crippen molar-refractivity contribution in [2.75, 3.05) is 24.2 Å². The van der Waals surface area contributed by atoms with Crippen LogP contribution in [0, 0.1) is 5.92 Å². The Kier molecular flexibility index (Phi) is 6.23. The van der Waals surface area contributed by atoms with Crippen molar-refractivity contribution in [3.8, 4) is 0 Å². The van der Waals surface area contributed by atoms with E-state index >= 15 is 0 Å². The molecule has 0 aromatic carbocycles. The summed E-state index contributed by atoms with van der Waals surface area (Å²) >= 11 is 0. The number of carbonyl (C=O) groups is 3. The number of H-pyrrole nitrogens is 1. The third-order valence-electron chi connectivity index (χ3n) is 6.45. The van der Waals surface area contributed by atoms with E-state index in [2.05, 4.69) is 10.3 Å². The summed E-state index contributed by atoms with van der Waals surface area (Å²) in [6.45, 7) is 3.64. The Morgan fingerprint density at radius 1 is 1.26 bits per heavy atom. The maximum atomic E-state index is 13.1. The molecule has 31 heavy (non-hydrogen) atoms. The van der Waals surface area contributed by atoms with E-state index in [1.807, 2.05) is 13.8 Å². The lowest BCUT2D eigenvalue weighted by atomic mass is 9.73. The molecule has 2 unspecified atom stereocenters. The summed E-state index contributed by atoms with van der Waals surface area (Å²) < 4.78 is 1.20. The minimum Gasteiger partial charge on any atom is -0.383 e. The number of aromatic nitrogens is 2. The molecule has 11 nitrogen and oxygen atoms in total. The van der Waals surface area contributed by atoms with Gasteiger partial charge in [-0.25, -0.2) is 9.59 Å². The van der Waals surface area contributed by atoms with Crippen LogP contribution in [0.4, 0.5) is 16.3 Å². The molecule has 3 rings (SSSR count). The van der Waals surface area contributed by atoms with E-state index in [0.717, 1.165) is 35.5 Å². The van der Waals surface area contributed by atoms with Gasteiger partial charge in [-0.15, -0.1) is 0 Å². The second kappa shape index (κ2) is 8.56. The molecule has 0 bridgehead atoms. The molecule has 2 heterocycles. The normalized spacial score (nSPS) is 23.3. The molecule has 11 heteroatoms. The first-order chi connectivity index (χ1) is 14.6. The largest absolute Gasteiger partial charge is 0.383 e. The van der Waals surface area contributed by atoms with E-state index in [1.54, 1.807) is 0 Å². The van der Waals surface area contributed by atoms with Gasteiger partial charge < -0.3 is 16.0 Å². The van der Waals surface area contributed by atoms with Crippen LogP contribution in [0.25, 0.3) is 0 Å². The molecule has 1 saturated carbocycles. The minimum atomic E-state index is -0.974. The number of carbonyl (C=O) groups excluding carboxylic acids is 3. The molecule has 1 saturated heterocycles. The summed E-state index contributed by atoms with van der Waals surface area (Å²) in [4.78, 5) is 67.1. The summed E-state index contributed by atoms with van der Waals surface area (Å²) in [6.07, 6.45) is 4.64. The maximum Gasteiger partial charge on any atom is 0.330 e. The van der Waals surface area contributed by atoms with Gasteiger partial charge >= 0.3 is 11.7 Å². The topological polar surface area (TPSA) is 151 Å². The standard InChI is InChI=1S/C20H30N6O5/c1-4-5-10-25-15(21)14(16(28)22-18(25)30)24(3)13(27)11-26-17(29)20(23-19(26)31)9-7-6-8-12(20)2/h12H,4-11,21H2,1-3H3,(H,23,31)(H,22,28,30). The van der Waals surface area contributed by atoms with E-state index in [1.165, 1.54) is 11.6 Å². The molecule has 0 radical (unpaired) electrons. The average Bonchev–Trinajstić information content (AvgIpc) is 2.94. The smallest absolute Gasteiger partial charge is 0.330 e. The highest BCUT2D eigenvalue weighted by Gasteiger charge is 2.55. The van der Waals surface area contributed by atoms with Crippen LogP contribution in [0.15, 0.2) is 9.59 Å². The van der Waals surface area contributed by atoms with Crippen LogP contribution in [0.3, 0.4) is 0 Å². The summed E-state index contributed by atoms with van der Waals surface area (Å²) in [6, 6.07) is -0.615. The van der Waals surface area contributed by atoms with E-state index in [0.29, 0.717) is 19.4 Å². The van der Waals surface area contributed by atoms with Crippen LogP contribution in [0.2, 0.25) is 0 Å². The first-order valence-electron chi connectivity index (χ1n) is 10.7. The highest BCUT2D eigenvalue weighted by Crippen LogP contribution is 2.38. The number of imide groups is 1. The molecule has 1 aromatic heterocycles. The van der Waals surface area contributed by atoms with Gasteiger partial charge in [-0.3, -0.25) is 28.8 Å². The number of nitrogens with one attached hydrogen (secondary N) is 2. The second-order valence-corrected chi connectivity index (χ2v) is 8.39. The number of hydrogen-bond acceptors (Lipinski definition) is 6. The number of nitrogen functional groups attached to an aromatic ring is 1. The first kappa shape index (κ1) is 22.6. The number of anilines is 2. The Balaban J connectivity index is 1.84. The zero-order chi connectivity index (χ0) is 22.9. The molecule has 1 aliphatic carbocycles. The quantitative estimate of drug-likeness (QED) is 0.551. The molecule has 2 atom stereocenters. The number of urea groups is 1. The Bertz CT molecular complexity index is 1010. The lowest BCUT2D eigenvalue weighted by Crippen LogP contribution is -2.54. The van der Waals surface area contributed by atoms with Crippen molar-refractivity contribution >= 4 is 29.4 Å². The Morgan fingerprint density at radius 2 is 1.97 bits per heavy atom. The van der Waals surface area contributed by atoms with Crippen LogP contribution in [0.1, 0.15) is 52.4 Å². The Hall–Kier alpha value is -3.11. The Labute approximate surface area is 179 Å². The van der Waals surface area contributed by atoms with Crippen LogP contribution in [0.5, 0.6) is 0 Å². The highest BCUT2D eigenvalue weighted by molar-refractivity contribution is 6.10. The maximum absolute atomic E-state index is 13.1. The molecule has 4 N–H and O–H groups in total. The van der Waals surface area contributed by atoms with E-state index in [4.69, 9.17) is 5.73 Å². The SMILES string of the molecule is CCCCn1c(N)c(N(C)C(=O)CN2C(=O)NC3(CCCCC3C)C2=O)c(=O)[nH]c1=O. The van der Waals surface area contributed by atoms with Gasteiger partial charge in [0.15, 0.2) is 5.69 Å². The molecule has 4 amide bonds. The van der Waals surface area contributed by atoms with Gasteiger partial charge in [0.1, 0.15) is 17.9 Å². The fourth-order valence-corrected chi connectivity index (χ4v) is 4.44. The van der Waals surface area contributed by atoms with Gasteiger partial charge in [-0.1, -0.05) is 33.1 Å². The number of aromatic amines is 1. The third-order valence-corrected chi connectivity index (χ3v) is 6.45. The molecule has 1 aromatic rings. The van der Waals surface area contributed by atoms with Crippen molar-refractivity contribution in [1.82, 2.24) is 19.8 Å². The first-order valence-corrected chi connectivity index (χ1v) is 10.7. The van der Waals surface area contributed by atoms with Crippen molar-refractivity contribution in [2.45, 2.75) is 64.5 Å². The zero-order valence-corrected chi connectivity index (χ0v) is 18.2. The van der Waals surface area contributed by atoms with E-state index < -0.39 is 41.2 Å². The lowest BCUT2D eigenvalue weighted by Gasteiger charge is -2.36. The second-order valence-electron chi connectivity index (χ2n) is 8.39. The van der Waals surface area contributed by atoms with Crippen molar-refractivity contribution in [3.63, 3.8) is 0 Å². The van der Waals surface area contributed by atoms with Crippen LogP contribution in [-0.4, -0.2) is 51.4 Å². The number of nitrogens with two attached hydrogens (primary N) is 1. The van der Waals surface area contributed by atoms with Gasteiger partial charge in [0.05, 0.1) is 0 Å². The predicted octanol–water partition coefficient (Wildman–Crippen LogP) is 0.382. The number of amides is 4. The summed E-state index contributed by atoms with van der Waals surface area (Å²) in [5.74, 6) is -1.24. The zero-order valence-electron chi connectivity index (χ0n) is 18.2. The molecule has 2 fully saturated rings. The molecule has 1 aliphatic heterocycles. The number of hydrogen-bond donors (Lipinski definition) is 3. The van der Waals surface area contributed by atoms with E-state index in [-0.39, 0.29) is 17.4 Å². The number of unbranched alkanes of at least 4 members (excludes halogenated alkanes) is 1. The van der Waals surface area contributed by atoms with Gasteiger partial charge in [0.25, 0.3) is 11.5 Å². The van der Waals surface area contributed by atoms with Gasteiger partial charge in [0, 0.05) is 13.6 Å². The fraction of sp³-hybridized carbons (Fsp3) is 0.650. The lowest BCUT2D eigenvalue weighted by molar-refractivity contribution is -0.136. The number of nitrogens with zero attached hydrogens (tertiary/aromatic N) is 3. The van der Waals surface area contributed by atoms with Gasteiger partial charge in [-0.05, 0) is 25.2 Å². The minimum absolute atomic E-state index is 0.0313. The number of rotatable bonds is 6. The van der Waals surface area contributed by atoms with Crippen molar-refractivity contribution in [3.05, 3.63) is 20.8 Å². The van der Waals surface area contributed by atoms with E-state index in [9.17, 15) is 24.0 Å². The summed E-state index contributed by atoms with van der Waals surface area (Å²) in [5.41, 5.74) is 3.43. The van der Waals surface area contributed by atoms with Gasteiger partial charge in [-0.2, -0.15) is 0 Å². The molecular weight excluding hydrogens is 404 g/mol. The summed E-state index contributed by atoms with van der Waals surface area (Å²) in [5, 5.41) is 2.79. The van der Waals surface area contributed by atoms with Crippen molar-refractivity contribution < 1.29 is 14.4 Å². The third kappa shape index (κ3) is 3.84. The molecule has 170 valence electrons. The number of likely N-dealkylation sites (N-methyl/N-ethyl adjacent to an activating group) is 1. The molecule has 2 aliphatic rings. The Morgan fingerprint density at radius 3 is 2.61 bits per heavy atom. The summed E-state index contributed by atoms with van der Waals surface area (Å²) in [7, 11) is 1.33. The molecule has 1 spiro atoms. The monoisotopic (exact) mass is 434 g/mol. The average molecular weight is 434 g/mol. The predicted molar refractivity (Wildman–Crippen MR) is 115 cm³/mol. The van der Waals surface area contributed by atoms with Crippen LogP contribution in [-0.2, 0) is 16.1 Å². The fourth-order valence-electron chi connectivity index (χ4n) is 4.44. The van der Waals surface area contributed by atoms with Gasteiger partial charge in [0.2, 0.25) is 5.91 Å². The van der Waals surface area contributed by atoms with Crippen molar-refractivity contribution in [2.24, 2.45) is 5.92 Å².